The van der Waals surface area contributed by atoms with Gasteiger partial charge in [0.15, 0.2) is 5.82 Å². The Labute approximate surface area is 106 Å². The van der Waals surface area contributed by atoms with Gasteiger partial charge in [-0.15, -0.1) is 0 Å². The van der Waals surface area contributed by atoms with Crippen LogP contribution in [0.25, 0.3) is 0 Å². The Morgan fingerprint density at radius 1 is 1.50 bits per heavy atom. The van der Waals surface area contributed by atoms with Gasteiger partial charge in [-0.05, 0) is 27.7 Å². The summed E-state index contributed by atoms with van der Waals surface area (Å²) in [6.07, 6.45) is -0.555. The largest absolute Gasteiger partial charge is 0.444 e. The van der Waals surface area contributed by atoms with Crippen LogP contribution in [-0.2, 0) is 9.47 Å². The van der Waals surface area contributed by atoms with Gasteiger partial charge < -0.3 is 19.3 Å². The molecule has 0 saturated heterocycles. The van der Waals surface area contributed by atoms with E-state index in [9.17, 15) is 4.79 Å². The molecule has 1 unspecified atom stereocenters. The van der Waals surface area contributed by atoms with Gasteiger partial charge in [0, 0.05) is 7.11 Å². The minimum Gasteiger partial charge on any atom is -0.444 e. The molecule has 7 nitrogen and oxygen atoms in total. The van der Waals surface area contributed by atoms with E-state index in [4.69, 9.17) is 14.0 Å². The number of hydrogen-bond acceptors (Lipinski definition) is 6. The van der Waals surface area contributed by atoms with E-state index in [1.807, 2.05) is 0 Å². The van der Waals surface area contributed by atoms with Crippen LogP contribution in [0.1, 0.15) is 38.5 Å². The average Bonchev–Trinajstić information content (AvgIpc) is 2.61. The first-order valence-corrected chi connectivity index (χ1v) is 5.60. The summed E-state index contributed by atoms with van der Waals surface area (Å²) < 4.78 is 15.1. The van der Waals surface area contributed by atoms with E-state index in [1.54, 1.807) is 27.7 Å². The van der Waals surface area contributed by atoms with Crippen LogP contribution in [0.3, 0.4) is 0 Å². The van der Waals surface area contributed by atoms with Crippen molar-refractivity contribution in [2.75, 3.05) is 13.7 Å². The molecule has 18 heavy (non-hydrogen) atoms. The number of aromatic nitrogens is 2. The second kappa shape index (κ2) is 5.81. The monoisotopic (exact) mass is 257 g/mol. The lowest BCUT2D eigenvalue weighted by Gasteiger charge is -2.21. The number of amides is 1. The Morgan fingerprint density at radius 3 is 2.61 bits per heavy atom. The molecule has 0 aliphatic rings. The van der Waals surface area contributed by atoms with Crippen LogP contribution in [-0.4, -0.2) is 35.6 Å². The molecular weight excluding hydrogens is 238 g/mol. The number of alkyl carbamates (subject to hydrolysis) is 1. The van der Waals surface area contributed by atoms with E-state index in [-0.39, 0.29) is 6.61 Å². The second-order valence-corrected chi connectivity index (χ2v) is 4.83. The van der Waals surface area contributed by atoms with Crippen LogP contribution in [0.2, 0.25) is 0 Å². The van der Waals surface area contributed by atoms with Crippen molar-refractivity contribution in [3.8, 4) is 0 Å². The SMILES string of the molecule is COCC(NC(=O)OC(C)(C)C)c1nc(C)no1. The van der Waals surface area contributed by atoms with Crippen LogP contribution >= 0.6 is 0 Å². The third-order valence-corrected chi connectivity index (χ3v) is 1.87. The maximum atomic E-state index is 11.6. The molecule has 1 aromatic rings. The molecule has 1 amide bonds. The fraction of sp³-hybridized carbons (Fsp3) is 0.727. The fourth-order valence-electron chi connectivity index (χ4n) is 1.25. The first-order chi connectivity index (χ1) is 8.31. The lowest BCUT2D eigenvalue weighted by molar-refractivity contribution is 0.0449. The Balaban J connectivity index is 2.66. The van der Waals surface area contributed by atoms with Crippen molar-refractivity contribution >= 4 is 6.09 Å². The molecule has 7 heteroatoms. The molecule has 0 saturated carbocycles. The zero-order valence-electron chi connectivity index (χ0n) is 11.3. The number of aryl methyl sites for hydroxylation is 1. The molecule has 0 bridgehead atoms. The lowest BCUT2D eigenvalue weighted by Crippen LogP contribution is -2.36. The Kier molecular flexibility index (Phi) is 4.66. The summed E-state index contributed by atoms with van der Waals surface area (Å²) in [4.78, 5) is 15.7. The molecule has 0 fully saturated rings. The number of methoxy groups -OCH3 is 1. The zero-order chi connectivity index (χ0) is 13.8. The van der Waals surface area contributed by atoms with Crippen molar-refractivity contribution in [1.82, 2.24) is 15.5 Å². The molecule has 1 heterocycles. The lowest BCUT2D eigenvalue weighted by atomic mass is 10.2. The zero-order valence-corrected chi connectivity index (χ0v) is 11.3. The van der Waals surface area contributed by atoms with Gasteiger partial charge >= 0.3 is 6.09 Å². The summed E-state index contributed by atoms with van der Waals surface area (Å²) in [5.41, 5.74) is -0.563. The standard InChI is InChI=1S/C11H19N3O4/c1-7-12-9(18-14-7)8(6-16-5)13-10(15)17-11(2,3)4/h8H,6H2,1-5H3,(H,13,15). The Hall–Kier alpha value is -1.63. The molecule has 1 aromatic heterocycles. The normalized spacial score (nSPS) is 13.2. The van der Waals surface area contributed by atoms with E-state index < -0.39 is 17.7 Å². The van der Waals surface area contributed by atoms with Crippen molar-refractivity contribution in [3.63, 3.8) is 0 Å². The topological polar surface area (TPSA) is 86.5 Å². The van der Waals surface area contributed by atoms with Crippen molar-refractivity contribution in [3.05, 3.63) is 11.7 Å². The van der Waals surface area contributed by atoms with Crippen molar-refractivity contribution in [2.24, 2.45) is 0 Å². The average molecular weight is 257 g/mol. The molecule has 0 aromatic carbocycles. The summed E-state index contributed by atoms with van der Waals surface area (Å²) >= 11 is 0. The summed E-state index contributed by atoms with van der Waals surface area (Å²) in [6, 6.07) is -0.522. The number of nitrogens with zero attached hydrogens (tertiary/aromatic N) is 2. The molecule has 1 atom stereocenters. The van der Waals surface area contributed by atoms with Gasteiger partial charge in [-0.3, -0.25) is 0 Å². The summed E-state index contributed by atoms with van der Waals surface area (Å²) in [7, 11) is 1.52. The highest BCUT2D eigenvalue weighted by atomic mass is 16.6. The van der Waals surface area contributed by atoms with Crippen LogP contribution in [0.15, 0.2) is 4.52 Å². The van der Waals surface area contributed by atoms with E-state index in [0.29, 0.717) is 11.7 Å². The number of carbonyl (C=O) groups is 1. The maximum absolute atomic E-state index is 11.6. The van der Waals surface area contributed by atoms with Crippen molar-refractivity contribution in [1.29, 1.82) is 0 Å². The quantitative estimate of drug-likeness (QED) is 0.881. The maximum Gasteiger partial charge on any atom is 0.408 e. The number of rotatable bonds is 4. The highest BCUT2D eigenvalue weighted by Crippen LogP contribution is 2.13. The van der Waals surface area contributed by atoms with Crippen LogP contribution in [0, 0.1) is 6.92 Å². The van der Waals surface area contributed by atoms with Gasteiger partial charge in [-0.2, -0.15) is 4.98 Å². The molecule has 1 N–H and O–H groups in total. The van der Waals surface area contributed by atoms with Crippen molar-refractivity contribution in [2.45, 2.75) is 39.3 Å². The Morgan fingerprint density at radius 2 is 2.17 bits per heavy atom. The highest BCUT2D eigenvalue weighted by molar-refractivity contribution is 5.68. The minimum atomic E-state index is -0.563. The minimum absolute atomic E-state index is 0.223. The molecule has 0 radical (unpaired) electrons. The van der Waals surface area contributed by atoms with Gasteiger partial charge in [-0.1, -0.05) is 5.16 Å². The second-order valence-electron chi connectivity index (χ2n) is 4.83. The molecule has 0 spiro atoms. The first-order valence-electron chi connectivity index (χ1n) is 5.60. The predicted molar refractivity (Wildman–Crippen MR) is 63.0 cm³/mol. The predicted octanol–water partition coefficient (Wildman–Crippen LogP) is 1.59. The third kappa shape index (κ3) is 4.70. The van der Waals surface area contributed by atoms with Gasteiger partial charge in [-0.25, -0.2) is 4.79 Å². The highest BCUT2D eigenvalue weighted by Gasteiger charge is 2.24. The molecule has 102 valence electrons. The van der Waals surface area contributed by atoms with Gasteiger partial charge in [0.2, 0.25) is 0 Å². The van der Waals surface area contributed by atoms with Gasteiger partial charge in [0.05, 0.1) is 6.61 Å². The number of carbonyl (C=O) groups excluding carboxylic acids is 1. The number of ether oxygens (including phenoxy) is 2. The van der Waals surface area contributed by atoms with E-state index in [1.165, 1.54) is 7.11 Å². The molecule has 1 rings (SSSR count). The third-order valence-electron chi connectivity index (χ3n) is 1.87. The van der Waals surface area contributed by atoms with E-state index in [2.05, 4.69) is 15.5 Å². The van der Waals surface area contributed by atoms with Crippen LogP contribution in [0.4, 0.5) is 4.79 Å². The van der Waals surface area contributed by atoms with E-state index in [0.717, 1.165) is 0 Å². The van der Waals surface area contributed by atoms with Crippen molar-refractivity contribution < 1.29 is 18.8 Å². The summed E-state index contributed by atoms with van der Waals surface area (Å²) in [5.74, 6) is 0.789. The first kappa shape index (κ1) is 14.4. The van der Waals surface area contributed by atoms with E-state index >= 15 is 0 Å². The number of hydrogen-bond donors (Lipinski definition) is 1. The molecular formula is C11H19N3O4. The summed E-state index contributed by atoms with van der Waals surface area (Å²) in [5, 5.41) is 6.29. The fourth-order valence-corrected chi connectivity index (χ4v) is 1.25. The van der Waals surface area contributed by atoms with Gasteiger partial charge in [0.1, 0.15) is 11.6 Å². The Bertz CT molecular complexity index is 397. The number of nitrogens with one attached hydrogen (secondary N) is 1. The molecule has 0 aliphatic carbocycles. The summed E-state index contributed by atoms with van der Waals surface area (Å²) in [6.45, 7) is 7.28. The molecule has 0 aliphatic heterocycles. The van der Waals surface area contributed by atoms with Crippen LogP contribution in [0.5, 0.6) is 0 Å². The smallest absolute Gasteiger partial charge is 0.408 e. The van der Waals surface area contributed by atoms with Gasteiger partial charge in [0.25, 0.3) is 5.89 Å². The van der Waals surface area contributed by atoms with Crippen LogP contribution < -0.4 is 5.32 Å².